The average molecular weight is 260 g/mol. The van der Waals surface area contributed by atoms with Crippen LogP contribution in [-0.2, 0) is 6.54 Å². The molecule has 4 nitrogen and oxygen atoms in total. The Labute approximate surface area is 113 Å². The Bertz CT molecular complexity index is 505. The first kappa shape index (κ1) is 13.6. The lowest BCUT2D eigenvalue weighted by atomic mass is 10.0. The van der Waals surface area contributed by atoms with Crippen LogP contribution in [0.1, 0.15) is 36.6 Å². The van der Waals surface area contributed by atoms with Crippen molar-refractivity contribution in [1.82, 2.24) is 10.3 Å². The van der Waals surface area contributed by atoms with Crippen molar-refractivity contribution < 1.29 is 9.15 Å². The summed E-state index contributed by atoms with van der Waals surface area (Å²) in [5, 5.41) is 3.46. The average Bonchev–Trinajstić information content (AvgIpc) is 2.86. The third kappa shape index (κ3) is 3.58. The van der Waals surface area contributed by atoms with E-state index < -0.39 is 0 Å². The van der Waals surface area contributed by atoms with E-state index >= 15 is 0 Å². The van der Waals surface area contributed by atoms with Gasteiger partial charge in [-0.15, -0.1) is 0 Å². The summed E-state index contributed by atoms with van der Waals surface area (Å²) in [5.41, 5.74) is 1.24. The molecule has 1 unspecified atom stereocenters. The molecule has 0 saturated carbocycles. The highest BCUT2D eigenvalue weighted by molar-refractivity contribution is 5.29. The van der Waals surface area contributed by atoms with Crippen LogP contribution in [0.3, 0.4) is 0 Å². The molecule has 0 spiro atoms. The van der Waals surface area contributed by atoms with Crippen LogP contribution in [-0.4, -0.2) is 12.1 Å². The van der Waals surface area contributed by atoms with Crippen molar-refractivity contribution in [1.29, 1.82) is 0 Å². The van der Waals surface area contributed by atoms with Crippen LogP contribution in [0.15, 0.2) is 34.9 Å². The molecule has 0 radical (unpaired) electrons. The smallest absolute Gasteiger partial charge is 0.208 e. The molecule has 0 fully saturated rings. The summed E-state index contributed by atoms with van der Waals surface area (Å²) in [6.45, 7) is 4.69. The minimum absolute atomic E-state index is 0.290. The predicted molar refractivity (Wildman–Crippen MR) is 74.1 cm³/mol. The SMILES string of the molecule is CCC(NCc1ncc(C)o1)c1ccc(OC)cc1. The van der Waals surface area contributed by atoms with Crippen molar-refractivity contribution >= 4 is 0 Å². The maximum Gasteiger partial charge on any atom is 0.208 e. The summed E-state index contributed by atoms with van der Waals surface area (Å²) < 4.78 is 10.6. The molecule has 1 N–H and O–H groups in total. The second-order valence-corrected chi connectivity index (χ2v) is 4.48. The van der Waals surface area contributed by atoms with Crippen LogP contribution < -0.4 is 10.1 Å². The fourth-order valence-electron chi connectivity index (χ4n) is 2.03. The van der Waals surface area contributed by atoms with Gasteiger partial charge in [-0.2, -0.15) is 0 Å². The molecule has 0 saturated heterocycles. The van der Waals surface area contributed by atoms with Gasteiger partial charge >= 0.3 is 0 Å². The lowest BCUT2D eigenvalue weighted by molar-refractivity contribution is 0.411. The zero-order chi connectivity index (χ0) is 13.7. The van der Waals surface area contributed by atoms with Crippen LogP contribution in [0.25, 0.3) is 0 Å². The van der Waals surface area contributed by atoms with Crippen molar-refractivity contribution in [3.63, 3.8) is 0 Å². The molecule has 102 valence electrons. The van der Waals surface area contributed by atoms with Crippen LogP contribution >= 0.6 is 0 Å². The van der Waals surface area contributed by atoms with E-state index in [4.69, 9.17) is 9.15 Å². The van der Waals surface area contributed by atoms with Gasteiger partial charge in [0.25, 0.3) is 0 Å². The Hall–Kier alpha value is -1.81. The Morgan fingerprint density at radius 1 is 1.32 bits per heavy atom. The van der Waals surface area contributed by atoms with E-state index in [1.165, 1.54) is 5.56 Å². The Morgan fingerprint density at radius 2 is 2.05 bits per heavy atom. The van der Waals surface area contributed by atoms with Gasteiger partial charge < -0.3 is 14.5 Å². The van der Waals surface area contributed by atoms with E-state index in [0.29, 0.717) is 6.54 Å². The predicted octanol–water partition coefficient (Wildman–Crippen LogP) is 3.23. The number of aryl methyl sites for hydroxylation is 1. The van der Waals surface area contributed by atoms with Gasteiger partial charge in [0.15, 0.2) is 0 Å². The molecule has 19 heavy (non-hydrogen) atoms. The van der Waals surface area contributed by atoms with Gasteiger partial charge in [-0.3, -0.25) is 0 Å². The summed E-state index contributed by atoms with van der Waals surface area (Å²) in [6, 6.07) is 8.42. The van der Waals surface area contributed by atoms with E-state index in [0.717, 1.165) is 23.8 Å². The number of nitrogens with one attached hydrogen (secondary N) is 1. The molecule has 0 bridgehead atoms. The van der Waals surface area contributed by atoms with E-state index in [2.05, 4.69) is 29.4 Å². The van der Waals surface area contributed by atoms with Gasteiger partial charge in [0.1, 0.15) is 11.5 Å². The van der Waals surface area contributed by atoms with Gasteiger partial charge in [0, 0.05) is 6.04 Å². The second kappa shape index (κ2) is 6.38. The van der Waals surface area contributed by atoms with Crippen LogP contribution in [0.5, 0.6) is 5.75 Å². The highest BCUT2D eigenvalue weighted by atomic mass is 16.5. The van der Waals surface area contributed by atoms with Crippen molar-refractivity contribution in [2.75, 3.05) is 7.11 Å². The van der Waals surface area contributed by atoms with Crippen LogP contribution in [0.4, 0.5) is 0 Å². The number of aromatic nitrogens is 1. The number of methoxy groups -OCH3 is 1. The van der Waals surface area contributed by atoms with Crippen LogP contribution in [0, 0.1) is 6.92 Å². The molecule has 0 aliphatic rings. The number of oxazole rings is 1. The van der Waals surface area contributed by atoms with Crippen molar-refractivity contribution in [3.05, 3.63) is 47.7 Å². The van der Waals surface area contributed by atoms with Crippen molar-refractivity contribution in [3.8, 4) is 5.75 Å². The first-order valence-electron chi connectivity index (χ1n) is 6.51. The maximum atomic E-state index is 5.46. The molecule has 1 aromatic carbocycles. The van der Waals surface area contributed by atoms with E-state index in [-0.39, 0.29) is 6.04 Å². The number of nitrogens with zero attached hydrogens (tertiary/aromatic N) is 1. The van der Waals surface area contributed by atoms with E-state index in [1.54, 1.807) is 13.3 Å². The fraction of sp³-hybridized carbons (Fsp3) is 0.400. The summed E-state index contributed by atoms with van der Waals surface area (Å²) in [4.78, 5) is 4.19. The molecule has 0 aliphatic heterocycles. The Balaban J connectivity index is 1.98. The van der Waals surface area contributed by atoms with Crippen LogP contribution in [0.2, 0.25) is 0 Å². The fourth-order valence-corrected chi connectivity index (χ4v) is 2.03. The molecule has 0 aliphatic carbocycles. The van der Waals surface area contributed by atoms with Gasteiger partial charge in [-0.05, 0) is 31.0 Å². The van der Waals surface area contributed by atoms with E-state index in [9.17, 15) is 0 Å². The van der Waals surface area contributed by atoms with Gasteiger partial charge in [-0.1, -0.05) is 19.1 Å². The molecule has 2 rings (SSSR count). The highest BCUT2D eigenvalue weighted by Crippen LogP contribution is 2.20. The molecule has 1 heterocycles. The standard InChI is InChI=1S/C15H20N2O2/c1-4-14(12-5-7-13(18-3)8-6-12)16-10-15-17-9-11(2)19-15/h5-9,14,16H,4,10H2,1-3H3. The lowest BCUT2D eigenvalue weighted by Crippen LogP contribution is -2.20. The largest absolute Gasteiger partial charge is 0.497 e. The topological polar surface area (TPSA) is 47.3 Å². The molecular formula is C15H20N2O2. The number of rotatable bonds is 6. The number of ether oxygens (including phenoxy) is 1. The van der Waals surface area contributed by atoms with Crippen molar-refractivity contribution in [2.45, 2.75) is 32.9 Å². The van der Waals surface area contributed by atoms with Gasteiger partial charge in [0.05, 0.1) is 19.9 Å². The number of hydrogen-bond donors (Lipinski definition) is 1. The van der Waals surface area contributed by atoms with Gasteiger partial charge in [0.2, 0.25) is 5.89 Å². The van der Waals surface area contributed by atoms with Crippen molar-refractivity contribution in [2.24, 2.45) is 0 Å². The third-order valence-electron chi connectivity index (χ3n) is 3.10. The minimum Gasteiger partial charge on any atom is -0.497 e. The number of hydrogen-bond acceptors (Lipinski definition) is 4. The summed E-state index contributed by atoms with van der Waals surface area (Å²) in [7, 11) is 1.68. The van der Waals surface area contributed by atoms with Gasteiger partial charge in [-0.25, -0.2) is 4.98 Å². The Kier molecular flexibility index (Phi) is 4.58. The number of benzene rings is 1. The lowest BCUT2D eigenvalue weighted by Gasteiger charge is -2.16. The molecule has 4 heteroatoms. The summed E-state index contributed by atoms with van der Waals surface area (Å²) >= 11 is 0. The molecule has 1 aromatic heterocycles. The zero-order valence-corrected chi connectivity index (χ0v) is 11.6. The Morgan fingerprint density at radius 3 is 2.58 bits per heavy atom. The quantitative estimate of drug-likeness (QED) is 0.866. The zero-order valence-electron chi connectivity index (χ0n) is 11.6. The monoisotopic (exact) mass is 260 g/mol. The second-order valence-electron chi connectivity index (χ2n) is 4.48. The molecular weight excluding hydrogens is 240 g/mol. The van der Waals surface area contributed by atoms with E-state index in [1.807, 2.05) is 19.1 Å². The first-order valence-corrected chi connectivity index (χ1v) is 6.51. The summed E-state index contributed by atoms with van der Waals surface area (Å²) in [6.07, 6.45) is 2.75. The normalized spacial score (nSPS) is 12.4. The molecule has 2 aromatic rings. The third-order valence-corrected chi connectivity index (χ3v) is 3.10. The maximum absolute atomic E-state index is 5.46. The molecule has 1 atom stereocenters. The summed E-state index contributed by atoms with van der Waals surface area (Å²) in [5.74, 6) is 2.45. The highest BCUT2D eigenvalue weighted by Gasteiger charge is 2.10. The minimum atomic E-state index is 0.290. The molecule has 0 amide bonds. The first-order chi connectivity index (χ1) is 9.22.